The van der Waals surface area contributed by atoms with E-state index in [4.69, 9.17) is 5.73 Å². The van der Waals surface area contributed by atoms with Crippen molar-refractivity contribution in [3.05, 3.63) is 21.9 Å². The molecule has 1 aromatic rings. The Hall–Kier alpha value is -0.380. The van der Waals surface area contributed by atoms with Gasteiger partial charge in [0.15, 0.2) is 0 Å². The lowest BCUT2D eigenvalue weighted by Crippen LogP contribution is -2.33. The van der Waals surface area contributed by atoms with Gasteiger partial charge >= 0.3 is 0 Å². The van der Waals surface area contributed by atoms with E-state index in [0.29, 0.717) is 0 Å². The Morgan fingerprint density at radius 1 is 1.25 bits per heavy atom. The van der Waals surface area contributed by atoms with Crippen LogP contribution in [-0.2, 0) is 0 Å². The van der Waals surface area contributed by atoms with E-state index in [1.807, 2.05) is 11.3 Å². The van der Waals surface area contributed by atoms with Gasteiger partial charge in [-0.1, -0.05) is 13.8 Å². The Bertz CT molecular complexity index is 290. The third-order valence-electron chi connectivity index (χ3n) is 2.66. The van der Waals surface area contributed by atoms with E-state index in [1.54, 1.807) is 0 Å². The second kappa shape index (κ2) is 7.05. The van der Waals surface area contributed by atoms with Gasteiger partial charge in [-0.05, 0) is 45.0 Å². The van der Waals surface area contributed by atoms with Crippen LogP contribution in [-0.4, -0.2) is 24.5 Å². The van der Waals surface area contributed by atoms with Crippen LogP contribution in [0, 0.1) is 6.92 Å². The second-order valence-corrected chi connectivity index (χ2v) is 5.67. The fourth-order valence-electron chi connectivity index (χ4n) is 1.95. The molecule has 0 aliphatic heterocycles. The van der Waals surface area contributed by atoms with Crippen LogP contribution in [0.2, 0.25) is 0 Å². The van der Waals surface area contributed by atoms with Crippen LogP contribution in [0.25, 0.3) is 0 Å². The zero-order chi connectivity index (χ0) is 12.0. The van der Waals surface area contributed by atoms with Crippen LogP contribution in [0.1, 0.15) is 42.5 Å². The highest BCUT2D eigenvalue weighted by molar-refractivity contribution is 7.12. The molecular weight excluding hydrogens is 216 g/mol. The first-order chi connectivity index (χ1) is 7.67. The Morgan fingerprint density at radius 3 is 2.31 bits per heavy atom. The molecule has 3 heteroatoms. The van der Waals surface area contributed by atoms with Crippen molar-refractivity contribution in [1.82, 2.24) is 4.90 Å². The molecule has 0 radical (unpaired) electrons. The van der Waals surface area contributed by atoms with Crippen LogP contribution in [0.5, 0.6) is 0 Å². The summed E-state index contributed by atoms with van der Waals surface area (Å²) in [4.78, 5) is 5.14. The van der Waals surface area contributed by atoms with Crippen molar-refractivity contribution < 1.29 is 0 Å². The average Bonchev–Trinajstić information content (AvgIpc) is 2.65. The van der Waals surface area contributed by atoms with Crippen LogP contribution < -0.4 is 5.73 Å². The second-order valence-electron chi connectivity index (χ2n) is 4.36. The first-order valence-corrected chi connectivity index (χ1v) is 7.03. The van der Waals surface area contributed by atoms with Crippen LogP contribution in [0.3, 0.4) is 0 Å². The van der Waals surface area contributed by atoms with Crippen molar-refractivity contribution >= 4 is 11.3 Å². The number of aryl methyl sites for hydroxylation is 1. The highest BCUT2D eigenvalue weighted by Crippen LogP contribution is 2.21. The van der Waals surface area contributed by atoms with Crippen molar-refractivity contribution in [3.8, 4) is 0 Å². The zero-order valence-corrected chi connectivity index (χ0v) is 11.5. The van der Waals surface area contributed by atoms with E-state index in [-0.39, 0.29) is 6.04 Å². The first kappa shape index (κ1) is 13.7. The maximum Gasteiger partial charge on any atom is 0.0519 e. The average molecular weight is 240 g/mol. The third kappa shape index (κ3) is 4.24. The van der Waals surface area contributed by atoms with Gasteiger partial charge in [0, 0.05) is 16.3 Å². The van der Waals surface area contributed by atoms with Crippen molar-refractivity contribution in [1.29, 1.82) is 0 Å². The minimum absolute atomic E-state index is 0.178. The van der Waals surface area contributed by atoms with Gasteiger partial charge in [0.1, 0.15) is 0 Å². The van der Waals surface area contributed by atoms with Crippen molar-refractivity contribution in [3.63, 3.8) is 0 Å². The molecule has 2 nitrogen and oxygen atoms in total. The van der Waals surface area contributed by atoms with E-state index < -0.39 is 0 Å². The molecule has 1 aromatic heterocycles. The summed E-state index contributed by atoms with van der Waals surface area (Å²) in [5.74, 6) is 0. The van der Waals surface area contributed by atoms with Gasteiger partial charge in [-0.3, -0.25) is 0 Å². The molecule has 0 saturated heterocycles. The molecule has 1 atom stereocenters. The summed E-state index contributed by atoms with van der Waals surface area (Å²) in [5.41, 5.74) is 6.24. The standard InChI is InChI=1S/C13H24N2S/c1-4-8-15(9-5-2)10-12(14)13-7-6-11(3)16-13/h6-7,12H,4-5,8-10,14H2,1-3H3. The minimum atomic E-state index is 0.178. The smallest absolute Gasteiger partial charge is 0.0519 e. The fraction of sp³-hybridized carbons (Fsp3) is 0.692. The molecule has 16 heavy (non-hydrogen) atoms. The van der Waals surface area contributed by atoms with Gasteiger partial charge < -0.3 is 10.6 Å². The summed E-state index contributed by atoms with van der Waals surface area (Å²) in [5, 5.41) is 0. The van der Waals surface area contributed by atoms with E-state index in [9.17, 15) is 0 Å². The molecule has 0 saturated carbocycles. The fourth-order valence-corrected chi connectivity index (χ4v) is 2.82. The molecule has 2 N–H and O–H groups in total. The van der Waals surface area contributed by atoms with Crippen LogP contribution in [0.15, 0.2) is 12.1 Å². The van der Waals surface area contributed by atoms with Gasteiger partial charge in [-0.15, -0.1) is 11.3 Å². The van der Waals surface area contributed by atoms with Crippen molar-refractivity contribution in [2.24, 2.45) is 5.73 Å². The minimum Gasteiger partial charge on any atom is -0.322 e. The Labute approximate surface area is 103 Å². The topological polar surface area (TPSA) is 29.3 Å². The number of nitrogens with zero attached hydrogens (tertiary/aromatic N) is 1. The molecule has 0 aromatic carbocycles. The van der Waals surface area contributed by atoms with Crippen LogP contribution >= 0.6 is 11.3 Å². The van der Waals surface area contributed by atoms with Gasteiger partial charge in [0.2, 0.25) is 0 Å². The van der Waals surface area contributed by atoms with Gasteiger partial charge in [-0.25, -0.2) is 0 Å². The van der Waals surface area contributed by atoms with Gasteiger partial charge in [-0.2, -0.15) is 0 Å². The largest absolute Gasteiger partial charge is 0.322 e. The molecule has 1 heterocycles. The van der Waals surface area contributed by atoms with E-state index in [0.717, 1.165) is 19.6 Å². The molecule has 0 aliphatic carbocycles. The van der Waals surface area contributed by atoms with Crippen molar-refractivity contribution in [2.75, 3.05) is 19.6 Å². The molecule has 0 aliphatic rings. The highest BCUT2D eigenvalue weighted by atomic mass is 32.1. The molecule has 92 valence electrons. The predicted octanol–water partition coefficient (Wildman–Crippen LogP) is 3.18. The number of hydrogen-bond acceptors (Lipinski definition) is 3. The summed E-state index contributed by atoms with van der Waals surface area (Å²) >= 11 is 1.82. The monoisotopic (exact) mass is 240 g/mol. The molecular formula is C13H24N2S. The van der Waals surface area contributed by atoms with E-state index in [1.165, 1.54) is 22.6 Å². The summed E-state index contributed by atoms with van der Waals surface area (Å²) in [7, 11) is 0. The summed E-state index contributed by atoms with van der Waals surface area (Å²) in [6.07, 6.45) is 2.41. The summed E-state index contributed by atoms with van der Waals surface area (Å²) in [6.45, 7) is 9.89. The van der Waals surface area contributed by atoms with Gasteiger partial charge in [0.05, 0.1) is 6.04 Å². The highest BCUT2D eigenvalue weighted by Gasteiger charge is 2.12. The molecule has 1 unspecified atom stereocenters. The van der Waals surface area contributed by atoms with E-state index >= 15 is 0 Å². The predicted molar refractivity (Wildman–Crippen MR) is 73.0 cm³/mol. The normalized spacial score (nSPS) is 13.3. The van der Waals surface area contributed by atoms with Crippen molar-refractivity contribution in [2.45, 2.75) is 39.7 Å². The molecule has 0 amide bonds. The molecule has 0 spiro atoms. The van der Waals surface area contributed by atoms with E-state index in [2.05, 4.69) is 37.8 Å². The molecule has 0 bridgehead atoms. The number of rotatable bonds is 7. The Kier molecular flexibility index (Phi) is 6.03. The lowest BCUT2D eigenvalue weighted by molar-refractivity contribution is 0.259. The molecule has 1 rings (SSSR count). The zero-order valence-electron chi connectivity index (χ0n) is 10.7. The first-order valence-electron chi connectivity index (χ1n) is 6.21. The lowest BCUT2D eigenvalue weighted by Gasteiger charge is -2.24. The summed E-state index contributed by atoms with van der Waals surface area (Å²) in [6, 6.07) is 4.50. The van der Waals surface area contributed by atoms with Gasteiger partial charge in [0.25, 0.3) is 0 Å². The Balaban J connectivity index is 2.50. The summed E-state index contributed by atoms with van der Waals surface area (Å²) < 4.78 is 0. The maximum absolute atomic E-state index is 6.24. The lowest BCUT2D eigenvalue weighted by atomic mass is 10.2. The quantitative estimate of drug-likeness (QED) is 0.793. The Morgan fingerprint density at radius 2 is 1.88 bits per heavy atom. The number of hydrogen-bond donors (Lipinski definition) is 1. The maximum atomic E-state index is 6.24. The van der Waals surface area contributed by atoms with Crippen LogP contribution in [0.4, 0.5) is 0 Å². The third-order valence-corrected chi connectivity index (χ3v) is 3.79. The molecule has 0 fully saturated rings. The number of nitrogens with two attached hydrogens (primary N) is 1. The number of thiophene rings is 1. The SMILES string of the molecule is CCCN(CCC)CC(N)c1ccc(C)s1.